The fourth-order valence-corrected chi connectivity index (χ4v) is 2.40. The average molecular weight is 290 g/mol. The second-order valence-corrected chi connectivity index (χ2v) is 6.22. The summed E-state index contributed by atoms with van der Waals surface area (Å²) >= 11 is 0. The Morgan fingerprint density at radius 3 is 2.62 bits per heavy atom. The van der Waals surface area contributed by atoms with E-state index in [0.29, 0.717) is 19.5 Å². The summed E-state index contributed by atoms with van der Waals surface area (Å²) in [4.78, 5) is 25.8. The third-order valence-corrected chi connectivity index (χ3v) is 3.58. The van der Waals surface area contributed by atoms with E-state index in [1.165, 1.54) is 0 Å². The van der Waals surface area contributed by atoms with Gasteiger partial charge in [-0.25, -0.2) is 0 Å². The molecule has 1 fully saturated rings. The number of carbonyl (C=O) groups is 2. The molecule has 0 aromatic heterocycles. The van der Waals surface area contributed by atoms with Crippen molar-refractivity contribution in [2.24, 2.45) is 5.41 Å². The molecule has 0 atom stereocenters. The first-order valence-corrected chi connectivity index (χ1v) is 7.07. The summed E-state index contributed by atoms with van der Waals surface area (Å²) in [6, 6.07) is 7.42. The van der Waals surface area contributed by atoms with E-state index in [1.54, 1.807) is 12.0 Å². The predicted molar refractivity (Wildman–Crippen MR) is 80.1 cm³/mol. The van der Waals surface area contributed by atoms with E-state index in [2.05, 4.69) is 5.32 Å². The predicted octanol–water partition coefficient (Wildman–Crippen LogP) is 1.22. The van der Waals surface area contributed by atoms with Gasteiger partial charge in [-0.2, -0.15) is 0 Å². The number of hydrogen-bond acceptors (Lipinski definition) is 3. The maximum Gasteiger partial charge on any atom is 0.239 e. The molecule has 0 spiro atoms. The lowest BCUT2D eigenvalue weighted by atomic mass is 9.93. The number of ether oxygens (including phenoxy) is 1. The molecule has 5 nitrogen and oxygen atoms in total. The Balaban J connectivity index is 2.05. The van der Waals surface area contributed by atoms with E-state index < -0.39 is 0 Å². The maximum atomic E-state index is 12.4. The lowest BCUT2D eigenvalue weighted by Gasteiger charge is -2.28. The molecule has 0 unspecified atom stereocenters. The van der Waals surface area contributed by atoms with Gasteiger partial charge in [0.2, 0.25) is 11.8 Å². The Hall–Kier alpha value is -2.04. The quantitative estimate of drug-likeness (QED) is 0.910. The molecule has 1 N–H and O–H groups in total. The highest BCUT2D eigenvalue weighted by molar-refractivity contribution is 5.86. The van der Waals surface area contributed by atoms with E-state index >= 15 is 0 Å². The molecule has 1 aromatic rings. The highest BCUT2D eigenvalue weighted by atomic mass is 16.5. The molecule has 1 saturated heterocycles. The Kier molecular flexibility index (Phi) is 4.50. The Bertz CT molecular complexity index is 523. The molecule has 0 bridgehead atoms. The van der Waals surface area contributed by atoms with Crippen molar-refractivity contribution in [1.29, 1.82) is 0 Å². The monoisotopic (exact) mass is 290 g/mol. The lowest BCUT2D eigenvalue weighted by molar-refractivity contribution is -0.135. The second kappa shape index (κ2) is 6.16. The van der Waals surface area contributed by atoms with E-state index in [9.17, 15) is 9.59 Å². The zero-order chi connectivity index (χ0) is 15.5. The summed E-state index contributed by atoms with van der Waals surface area (Å²) < 4.78 is 5.10. The van der Waals surface area contributed by atoms with Crippen LogP contribution in [0.2, 0.25) is 0 Å². The third-order valence-electron chi connectivity index (χ3n) is 3.58. The highest BCUT2D eigenvalue weighted by Crippen LogP contribution is 2.19. The van der Waals surface area contributed by atoms with Crippen LogP contribution in [0.5, 0.6) is 5.75 Å². The summed E-state index contributed by atoms with van der Waals surface area (Å²) in [5, 5.41) is 2.85. The van der Waals surface area contributed by atoms with Crippen molar-refractivity contribution in [2.45, 2.75) is 20.3 Å². The van der Waals surface area contributed by atoms with Crippen LogP contribution in [0.4, 0.5) is 0 Å². The van der Waals surface area contributed by atoms with Crippen molar-refractivity contribution in [2.75, 3.05) is 26.7 Å². The summed E-state index contributed by atoms with van der Waals surface area (Å²) in [6.45, 7) is 5.41. The zero-order valence-corrected chi connectivity index (χ0v) is 12.8. The number of benzene rings is 1. The fourth-order valence-electron chi connectivity index (χ4n) is 2.40. The van der Waals surface area contributed by atoms with E-state index in [4.69, 9.17) is 4.74 Å². The SMILES string of the molecule is COc1ccc(CC(=O)N2CC(=O)NCC(C)(C)C2)cc1. The van der Waals surface area contributed by atoms with Crippen LogP contribution in [0.25, 0.3) is 0 Å². The minimum absolute atomic E-state index is 0.0229. The fraction of sp³-hybridized carbons (Fsp3) is 0.500. The van der Waals surface area contributed by atoms with Gasteiger partial charge >= 0.3 is 0 Å². The molecular formula is C16H22N2O3. The molecule has 2 rings (SSSR count). The molecule has 1 aromatic carbocycles. The maximum absolute atomic E-state index is 12.4. The molecule has 0 radical (unpaired) electrons. The first-order chi connectivity index (χ1) is 9.89. The van der Waals surface area contributed by atoms with Crippen LogP contribution in [0.15, 0.2) is 24.3 Å². The number of amides is 2. The van der Waals surface area contributed by atoms with Crippen LogP contribution < -0.4 is 10.1 Å². The van der Waals surface area contributed by atoms with Crippen molar-refractivity contribution in [3.63, 3.8) is 0 Å². The van der Waals surface area contributed by atoms with Crippen molar-refractivity contribution < 1.29 is 14.3 Å². The van der Waals surface area contributed by atoms with Crippen LogP contribution in [0, 0.1) is 5.41 Å². The molecule has 5 heteroatoms. The second-order valence-electron chi connectivity index (χ2n) is 6.22. The lowest BCUT2D eigenvalue weighted by Crippen LogP contribution is -2.40. The smallest absolute Gasteiger partial charge is 0.239 e. The Labute approximate surface area is 125 Å². The molecular weight excluding hydrogens is 268 g/mol. The number of nitrogens with one attached hydrogen (secondary N) is 1. The van der Waals surface area contributed by atoms with Crippen molar-refractivity contribution >= 4 is 11.8 Å². The van der Waals surface area contributed by atoms with Crippen molar-refractivity contribution in [3.05, 3.63) is 29.8 Å². The average Bonchev–Trinajstić information content (AvgIpc) is 2.58. The van der Waals surface area contributed by atoms with Gasteiger partial charge in [0.05, 0.1) is 20.1 Å². The minimum atomic E-state index is -0.109. The molecule has 21 heavy (non-hydrogen) atoms. The van der Waals surface area contributed by atoms with Crippen molar-refractivity contribution in [1.82, 2.24) is 10.2 Å². The molecule has 114 valence electrons. The van der Waals surface area contributed by atoms with Gasteiger partial charge in [-0.3, -0.25) is 9.59 Å². The van der Waals surface area contributed by atoms with Gasteiger partial charge in [0.15, 0.2) is 0 Å². The zero-order valence-electron chi connectivity index (χ0n) is 12.8. The van der Waals surface area contributed by atoms with Gasteiger partial charge < -0.3 is 15.0 Å². The van der Waals surface area contributed by atoms with Gasteiger partial charge in [-0.05, 0) is 23.1 Å². The van der Waals surface area contributed by atoms with Crippen LogP contribution in [-0.2, 0) is 16.0 Å². The topological polar surface area (TPSA) is 58.6 Å². The summed E-state index contributed by atoms with van der Waals surface area (Å²) in [6.07, 6.45) is 0.299. The van der Waals surface area contributed by atoms with Crippen LogP contribution in [-0.4, -0.2) is 43.5 Å². The Morgan fingerprint density at radius 1 is 1.33 bits per heavy atom. The van der Waals surface area contributed by atoms with Gasteiger partial charge in [-0.1, -0.05) is 26.0 Å². The Morgan fingerprint density at radius 2 is 2.00 bits per heavy atom. The van der Waals surface area contributed by atoms with Crippen LogP contribution in [0.3, 0.4) is 0 Å². The first kappa shape index (κ1) is 15.4. The van der Waals surface area contributed by atoms with E-state index in [1.807, 2.05) is 38.1 Å². The molecule has 0 aliphatic carbocycles. The molecule has 0 saturated carbocycles. The van der Waals surface area contributed by atoms with Gasteiger partial charge in [0.1, 0.15) is 5.75 Å². The number of nitrogens with zero attached hydrogens (tertiary/aromatic N) is 1. The molecule has 1 aliphatic heterocycles. The first-order valence-electron chi connectivity index (χ1n) is 7.07. The third kappa shape index (κ3) is 4.21. The van der Waals surface area contributed by atoms with Gasteiger partial charge in [-0.15, -0.1) is 0 Å². The summed E-state index contributed by atoms with van der Waals surface area (Å²) in [7, 11) is 1.61. The minimum Gasteiger partial charge on any atom is -0.497 e. The number of methoxy groups -OCH3 is 1. The van der Waals surface area contributed by atoms with Crippen LogP contribution in [0.1, 0.15) is 19.4 Å². The van der Waals surface area contributed by atoms with E-state index in [0.717, 1.165) is 11.3 Å². The summed E-state index contributed by atoms with van der Waals surface area (Å²) in [5.41, 5.74) is 0.810. The molecule has 1 heterocycles. The van der Waals surface area contributed by atoms with Crippen molar-refractivity contribution in [3.8, 4) is 5.75 Å². The largest absolute Gasteiger partial charge is 0.497 e. The standard InChI is InChI=1S/C16H22N2O3/c1-16(2)10-17-14(19)9-18(11-16)15(20)8-12-4-6-13(21-3)7-5-12/h4-7H,8-11H2,1-3H3,(H,17,19). The number of hydrogen-bond donors (Lipinski definition) is 1. The number of carbonyl (C=O) groups excluding carboxylic acids is 2. The highest BCUT2D eigenvalue weighted by Gasteiger charge is 2.30. The van der Waals surface area contributed by atoms with E-state index in [-0.39, 0.29) is 23.8 Å². The number of rotatable bonds is 3. The van der Waals surface area contributed by atoms with Crippen LogP contribution >= 0.6 is 0 Å². The summed E-state index contributed by atoms with van der Waals surface area (Å²) in [5.74, 6) is 0.649. The molecule has 2 amide bonds. The van der Waals surface area contributed by atoms with Gasteiger partial charge in [0.25, 0.3) is 0 Å². The van der Waals surface area contributed by atoms with Gasteiger partial charge in [0, 0.05) is 13.1 Å². The molecule has 1 aliphatic rings. The normalized spacial score (nSPS) is 17.9.